The minimum Gasteiger partial charge on any atom is -0.497 e. The fourth-order valence-corrected chi connectivity index (χ4v) is 6.28. The van der Waals surface area contributed by atoms with E-state index in [4.69, 9.17) is 9.47 Å². The van der Waals surface area contributed by atoms with Gasteiger partial charge in [-0.05, 0) is 57.4 Å². The first kappa shape index (κ1) is 21.9. The zero-order valence-electron chi connectivity index (χ0n) is 18.5. The standard InChI is InChI=1S/C23H27N3O3S2/c1-13-14(2)31-23-21(13)22(24-15(3)25-23)30-12-20(27)26-10-6-7-18(26)17-11-16(28-4)8-9-19(17)29-5/h8-9,11,18H,6-7,10,12H2,1-5H3. The molecule has 1 saturated heterocycles. The summed E-state index contributed by atoms with van der Waals surface area (Å²) in [5.74, 6) is 2.76. The second-order valence-corrected chi connectivity index (χ2v) is 9.85. The molecule has 0 bridgehead atoms. The molecule has 1 fully saturated rings. The van der Waals surface area contributed by atoms with E-state index in [0.29, 0.717) is 5.75 Å². The molecule has 0 radical (unpaired) electrons. The van der Waals surface area contributed by atoms with Gasteiger partial charge < -0.3 is 14.4 Å². The number of benzene rings is 1. The lowest BCUT2D eigenvalue weighted by atomic mass is 10.0. The number of carbonyl (C=O) groups is 1. The second kappa shape index (κ2) is 9.04. The highest BCUT2D eigenvalue weighted by Gasteiger charge is 2.32. The van der Waals surface area contributed by atoms with Crippen LogP contribution in [0.3, 0.4) is 0 Å². The number of rotatable bonds is 6. The Morgan fingerprint density at radius 1 is 1.23 bits per heavy atom. The number of carbonyl (C=O) groups excluding carboxylic acids is 1. The third kappa shape index (κ3) is 4.23. The zero-order chi connectivity index (χ0) is 22.1. The van der Waals surface area contributed by atoms with E-state index < -0.39 is 0 Å². The molecule has 0 aliphatic carbocycles. The highest BCUT2D eigenvalue weighted by atomic mass is 32.2. The summed E-state index contributed by atoms with van der Waals surface area (Å²) in [5, 5.41) is 1.98. The van der Waals surface area contributed by atoms with Gasteiger partial charge in [0.15, 0.2) is 0 Å². The first-order valence-corrected chi connectivity index (χ1v) is 12.1. The van der Waals surface area contributed by atoms with E-state index in [0.717, 1.165) is 57.5 Å². The number of fused-ring (bicyclic) bond motifs is 1. The van der Waals surface area contributed by atoms with Gasteiger partial charge in [-0.2, -0.15) is 0 Å². The molecule has 1 aliphatic rings. The number of ether oxygens (including phenoxy) is 2. The summed E-state index contributed by atoms with van der Waals surface area (Å²) < 4.78 is 11.0. The van der Waals surface area contributed by atoms with Crippen molar-refractivity contribution in [1.82, 2.24) is 14.9 Å². The Kier molecular flexibility index (Phi) is 6.39. The van der Waals surface area contributed by atoms with Gasteiger partial charge in [0, 0.05) is 22.4 Å². The van der Waals surface area contributed by atoms with Crippen LogP contribution in [0, 0.1) is 20.8 Å². The number of aryl methyl sites for hydroxylation is 3. The monoisotopic (exact) mass is 457 g/mol. The lowest BCUT2D eigenvalue weighted by Gasteiger charge is -2.26. The fourth-order valence-electron chi connectivity index (χ4n) is 4.12. The molecule has 1 amide bonds. The number of hydrogen-bond acceptors (Lipinski definition) is 7. The van der Waals surface area contributed by atoms with Gasteiger partial charge in [0.2, 0.25) is 5.91 Å². The van der Waals surface area contributed by atoms with Gasteiger partial charge in [0.1, 0.15) is 27.2 Å². The molecule has 2 aromatic heterocycles. The molecule has 1 aromatic carbocycles. The highest BCUT2D eigenvalue weighted by molar-refractivity contribution is 8.00. The molecule has 3 aromatic rings. The van der Waals surface area contributed by atoms with E-state index >= 15 is 0 Å². The lowest BCUT2D eigenvalue weighted by molar-refractivity contribution is -0.129. The summed E-state index contributed by atoms with van der Waals surface area (Å²) in [6, 6.07) is 5.77. The van der Waals surface area contributed by atoms with Gasteiger partial charge in [0.05, 0.1) is 26.0 Å². The maximum absolute atomic E-state index is 13.3. The van der Waals surface area contributed by atoms with Crippen LogP contribution in [0.1, 0.15) is 40.7 Å². The summed E-state index contributed by atoms with van der Waals surface area (Å²) in [4.78, 5) is 26.7. The number of hydrogen-bond donors (Lipinski definition) is 0. The molecule has 31 heavy (non-hydrogen) atoms. The van der Waals surface area contributed by atoms with Crippen LogP contribution in [-0.4, -0.2) is 47.3 Å². The van der Waals surface area contributed by atoms with E-state index in [2.05, 4.69) is 23.8 Å². The Bertz CT molecular complexity index is 1130. The second-order valence-electron chi connectivity index (χ2n) is 7.68. The predicted molar refractivity (Wildman–Crippen MR) is 126 cm³/mol. The number of methoxy groups -OCH3 is 2. The van der Waals surface area contributed by atoms with Gasteiger partial charge in [-0.15, -0.1) is 11.3 Å². The average molecular weight is 458 g/mol. The number of likely N-dealkylation sites (tertiary alicyclic amines) is 1. The molecular weight excluding hydrogens is 430 g/mol. The third-order valence-corrected chi connectivity index (χ3v) is 7.87. The van der Waals surface area contributed by atoms with Crippen molar-refractivity contribution in [3.05, 3.63) is 40.0 Å². The molecule has 6 nitrogen and oxygen atoms in total. The first-order chi connectivity index (χ1) is 14.9. The lowest BCUT2D eigenvalue weighted by Crippen LogP contribution is -2.32. The van der Waals surface area contributed by atoms with Crippen LogP contribution in [0.4, 0.5) is 0 Å². The molecule has 0 spiro atoms. The van der Waals surface area contributed by atoms with E-state index in [9.17, 15) is 4.79 Å². The summed E-state index contributed by atoms with van der Waals surface area (Å²) in [7, 11) is 3.31. The fraction of sp³-hybridized carbons (Fsp3) is 0.435. The molecule has 0 saturated carbocycles. The number of nitrogens with zero attached hydrogens (tertiary/aromatic N) is 3. The van der Waals surface area contributed by atoms with Crippen molar-refractivity contribution in [1.29, 1.82) is 0 Å². The Balaban J connectivity index is 1.56. The Labute approximate surface area is 191 Å². The smallest absolute Gasteiger partial charge is 0.233 e. The Hall–Kier alpha value is -2.32. The molecular formula is C23H27N3O3S2. The van der Waals surface area contributed by atoms with Crippen LogP contribution in [0.2, 0.25) is 0 Å². The average Bonchev–Trinajstić information content (AvgIpc) is 3.36. The van der Waals surface area contributed by atoms with Crippen LogP contribution >= 0.6 is 23.1 Å². The quantitative estimate of drug-likeness (QED) is 0.379. The van der Waals surface area contributed by atoms with E-state index in [1.807, 2.05) is 30.0 Å². The van der Waals surface area contributed by atoms with E-state index in [-0.39, 0.29) is 11.9 Å². The normalized spacial score (nSPS) is 16.2. The van der Waals surface area contributed by atoms with Crippen molar-refractivity contribution >= 4 is 39.2 Å². The molecule has 0 N–H and O–H groups in total. The molecule has 1 atom stereocenters. The number of thiophene rings is 1. The molecule has 8 heteroatoms. The highest BCUT2D eigenvalue weighted by Crippen LogP contribution is 2.40. The first-order valence-electron chi connectivity index (χ1n) is 10.3. The molecule has 1 aliphatic heterocycles. The van der Waals surface area contributed by atoms with Crippen LogP contribution < -0.4 is 9.47 Å². The van der Waals surface area contributed by atoms with Crippen LogP contribution in [-0.2, 0) is 4.79 Å². The van der Waals surface area contributed by atoms with E-state index in [1.54, 1.807) is 25.6 Å². The maximum Gasteiger partial charge on any atom is 0.233 e. The third-order valence-electron chi connectivity index (χ3n) is 5.81. The van der Waals surface area contributed by atoms with E-state index in [1.165, 1.54) is 22.2 Å². The van der Waals surface area contributed by atoms with Gasteiger partial charge in [-0.25, -0.2) is 9.97 Å². The van der Waals surface area contributed by atoms with Gasteiger partial charge in [0.25, 0.3) is 0 Å². The van der Waals surface area contributed by atoms with Gasteiger partial charge in [-0.3, -0.25) is 4.79 Å². The number of aromatic nitrogens is 2. The van der Waals surface area contributed by atoms with Crippen molar-refractivity contribution < 1.29 is 14.3 Å². The topological polar surface area (TPSA) is 64.6 Å². The SMILES string of the molecule is COc1ccc(OC)c(C2CCCN2C(=O)CSc2nc(C)nc3sc(C)c(C)c23)c1. The van der Waals surface area contributed by atoms with Crippen molar-refractivity contribution in [2.45, 2.75) is 44.7 Å². The summed E-state index contributed by atoms with van der Waals surface area (Å²) in [5.41, 5.74) is 2.21. The minimum atomic E-state index is -0.00423. The van der Waals surface area contributed by atoms with Crippen molar-refractivity contribution in [3.63, 3.8) is 0 Å². The molecule has 3 heterocycles. The largest absolute Gasteiger partial charge is 0.497 e. The number of thioether (sulfide) groups is 1. The minimum absolute atomic E-state index is 0.00423. The summed E-state index contributed by atoms with van der Waals surface area (Å²) in [6.07, 6.45) is 1.89. The Morgan fingerprint density at radius 2 is 2.03 bits per heavy atom. The van der Waals surface area contributed by atoms with Crippen molar-refractivity contribution in [3.8, 4) is 11.5 Å². The maximum atomic E-state index is 13.3. The molecule has 164 valence electrons. The van der Waals surface area contributed by atoms with Crippen LogP contribution in [0.5, 0.6) is 11.5 Å². The van der Waals surface area contributed by atoms with Gasteiger partial charge in [-0.1, -0.05) is 11.8 Å². The van der Waals surface area contributed by atoms with Crippen LogP contribution in [0.25, 0.3) is 10.2 Å². The van der Waals surface area contributed by atoms with Crippen LogP contribution in [0.15, 0.2) is 23.2 Å². The zero-order valence-corrected chi connectivity index (χ0v) is 20.2. The van der Waals surface area contributed by atoms with Crippen molar-refractivity contribution in [2.75, 3.05) is 26.5 Å². The molecule has 4 rings (SSSR count). The van der Waals surface area contributed by atoms with Gasteiger partial charge >= 0.3 is 0 Å². The molecule has 1 unspecified atom stereocenters. The summed E-state index contributed by atoms with van der Waals surface area (Å²) in [6.45, 7) is 6.86. The summed E-state index contributed by atoms with van der Waals surface area (Å²) >= 11 is 3.20. The van der Waals surface area contributed by atoms with Crippen molar-refractivity contribution in [2.24, 2.45) is 0 Å². The number of amides is 1. The Morgan fingerprint density at radius 3 is 2.77 bits per heavy atom. The predicted octanol–water partition coefficient (Wildman–Crippen LogP) is 5.09.